The van der Waals surface area contributed by atoms with Crippen LogP contribution >= 0.6 is 11.3 Å². The van der Waals surface area contributed by atoms with Crippen molar-refractivity contribution in [2.24, 2.45) is 0 Å². The molecule has 0 radical (unpaired) electrons. The number of benzene rings is 1. The quantitative estimate of drug-likeness (QED) is 0.689. The van der Waals surface area contributed by atoms with Gasteiger partial charge in [-0.05, 0) is 36.2 Å². The first kappa shape index (κ1) is 18.1. The Morgan fingerprint density at radius 3 is 2.73 bits per heavy atom. The first-order valence-electron chi connectivity index (χ1n) is 8.14. The van der Waals surface area contributed by atoms with Crippen LogP contribution in [0.1, 0.15) is 23.7 Å². The summed E-state index contributed by atoms with van der Waals surface area (Å²) in [6, 6.07) is 6.91. The summed E-state index contributed by atoms with van der Waals surface area (Å²) in [5.41, 5.74) is 0.990. The standard InChI is InChI=1S/C18H19N3O4S/c1-3-12(9-22)20-16(23)14-8-19-18-21(17(14)24)15(10-26-18)11-4-6-13(25-2)7-5-11/h4-8,10,12,22H,3,9H2,1-2H3,(H,20,23). The summed E-state index contributed by atoms with van der Waals surface area (Å²) in [5, 5.41) is 13.7. The Bertz CT molecular complexity index is 974. The van der Waals surface area contributed by atoms with Crippen LogP contribution in [0, 0.1) is 0 Å². The van der Waals surface area contributed by atoms with Gasteiger partial charge in [0.25, 0.3) is 11.5 Å². The highest BCUT2D eigenvalue weighted by Gasteiger charge is 2.19. The van der Waals surface area contributed by atoms with Crippen LogP contribution in [0.5, 0.6) is 5.75 Å². The fraction of sp³-hybridized carbons (Fsp3) is 0.278. The first-order valence-corrected chi connectivity index (χ1v) is 9.02. The number of hydrogen-bond donors (Lipinski definition) is 2. The van der Waals surface area contributed by atoms with Crippen LogP contribution in [0.3, 0.4) is 0 Å². The molecule has 0 spiro atoms. The Balaban J connectivity index is 2.05. The molecule has 3 aromatic rings. The van der Waals surface area contributed by atoms with Crippen molar-refractivity contribution in [1.82, 2.24) is 14.7 Å². The van der Waals surface area contributed by atoms with Crippen molar-refractivity contribution in [3.63, 3.8) is 0 Å². The van der Waals surface area contributed by atoms with Crippen molar-refractivity contribution in [2.45, 2.75) is 19.4 Å². The van der Waals surface area contributed by atoms with Crippen LogP contribution < -0.4 is 15.6 Å². The minimum Gasteiger partial charge on any atom is -0.497 e. The van der Waals surface area contributed by atoms with E-state index in [0.717, 1.165) is 5.56 Å². The molecular weight excluding hydrogens is 354 g/mol. The zero-order valence-corrected chi connectivity index (χ0v) is 15.2. The number of thiazole rings is 1. The highest BCUT2D eigenvalue weighted by atomic mass is 32.1. The predicted molar refractivity (Wildman–Crippen MR) is 100.0 cm³/mol. The number of aliphatic hydroxyl groups excluding tert-OH is 1. The van der Waals surface area contributed by atoms with Gasteiger partial charge in [-0.1, -0.05) is 6.92 Å². The Hall–Kier alpha value is -2.71. The molecule has 0 aliphatic carbocycles. The molecule has 8 heteroatoms. The molecule has 0 bridgehead atoms. The van der Waals surface area contributed by atoms with Crippen LogP contribution in [0.2, 0.25) is 0 Å². The Labute approximate surface area is 153 Å². The average molecular weight is 373 g/mol. The number of nitrogens with one attached hydrogen (secondary N) is 1. The number of methoxy groups -OCH3 is 1. The number of rotatable bonds is 6. The maximum atomic E-state index is 12.9. The lowest BCUT2D eigenvalue weighted by atomic mass is 10.1. The number of hydrogen-bond acceptors (Lipinski definition) is 6. The Morgan fingerprint density at radius 2 is 2.12 bits per heavy atom. The van der Waals surface area contributed by atoms with E-state index in [2.05, 4.69) is 10.3 Å². The van der Waals surface area contributed by atoms with Gasteiger partial charge in [-0.2, -0.15) is 0 Å². The molecule has 0 saturated heterocycles. The van der Waals surface area contributed by atoms with E-state index >= 15 is 0 Å². The highest BCUT2D eigenvalue weighted by molar-refractivity contribution is 7.15. The summed E-state index contributed by atoms with van der Waals surface area (Å²) in [6.07, 6.45) is 1.85. The summed E-state index contributed by atoms with van der Waals surface area (Å²) in [6.45, 7) is 1.66. The van der Waals surface area contributed by atoms with E-state index in [1.165, 1.54) is 21.9 Å². The number of aromatic nitrogens is 2. The molecule has 2 aromatic heterocycles. The van der Waals surface area contributed by atoms with E-state index in [-0.39, 0.29) is 12.2 Å². The van der Waals surface area contributed by atoms with E-state index in [4.69, 9.17) is 4.74 Å². The molecule has 0 aliphatic heterocycles. The van der Waals surface area contributed by atoms with Gasteiger partial charge in [-0.15, -0.1) is 11.3 Å². The molecule has 2 heterocycles. The van der Waals surface area contributed by atoms with Gasteiger partial charge in [0, 0.05) is 11.6 Å². The van der Waals surface area contributed by atoms with Crippen LogP contribution in [0.15, 0.2) is 40.6 Å². The number of carbonyl (C=O) groups excluding carboxylic acids is 1. The summed E-state index contributed by atoms with van der Waals surface area (Å²) in [7, 11) is 1.59. The number of carbonyl (C=O) groups is 1. The van der Waals surface area contributed by atoms with Gasteiger partial charge in [0.1, 0.15) is 11.3 Å². The maximum Gasteiger partial charge on any atom is 0.271 e. The van der Waals surface area contributed by atoms with E-state index in [0.29, 0.717) is 22.8 Å². The van der Waals surface area contributed by atoms with Gasteiger partial charge >= 0.3 is 0 Å². The monoisotopic (exact) mass is 373 g/mol. The van der Waals surface area contributed by atoms with Crippen molar-refractivity contribution in [2.75, 3.05) is 13.7 Å². The number of amides is 1. The lowest BCUT2D eigenvalue weighted by molar-refractivity contribution is 0.0913. The molecule has 3 rings (SSSR count). The molecule has 0 fully saturated rings. The van der Waals surface area contributed by atoms with Gasteiger partial charge in [0.2, 0.25) is 0 Å². The molecule has 1 atom stereocenters. The van der Waals surface area contributed by atoms with E-state index in [1.807, 2.05) is 24.4 Å². The molecular formula is C18H19N3O4S. The molecule has 26 heavy (non-hydrogen) atoms. The molecule has 0 saturated carbocycles. The molecule has 1 amide bonds. The summed E-state index contributed by atoms with van der Waals surface area (Å²) >= 11 is 1.33. The zero-order chi connectivity index (χ0) is 18.7. The summed E-state index contributed by atoms with van der Waals surface area (Å²) < 4.78 is 6.59. The molecule has 1 unspecified atom stereocenters. The van der Waals surface area contributed by atoms with E-state index in [9.17, 15) is 14.7 Å². The minimum absolute atomic E-state index is 0.0532. The normalized spacial score (nSPS) is 12.1. The third-order valence-electron chi connectivity index (χ3n) is 4.12. The Morgan fingerprint density at radius 1 is 1.38 bits per heavy atom. The number of nitrogens with zero attached hydrogens (tertiary/aromatic N) is 2. The van der Waals surface area contributed by atoms with Gasteiger partial charge in [0.05, 0.1) is 25.5 Å². The fourth-order valence-corrected chi connectivity index (χ4v) is 3.41. The lowest BCUT2D eigenvalue weighted by Gasteiger charge is -2.13. The third kappa shape index (κ3) is 3.33. The van der Waals surface area contributed by atoms with Crippen molar-refractivity contribution in [3.05, 3.63) is 51.8 Å². The highest BCUT2D eigenvalue weighted by Crippen LogP contribution is 2.25. The van der Waals surface area contributed by atoms with Gasteiger partial charge in [-0.3, -0.25) is 14.0 Å². The second kappa shape index (κ2) is 7.67. The maximum absolute atomic E-state index is 12.9. The predicted octanol–water partition coefficient (Wildman–Crippen LogP) is 1.93. The lowest BCUT2D eigenvalue weighted by Crippen LogP contribution is -2.40. The molecule has 136 valence electrons. The van der Waals surface area contributed by atoms with Crippen molar-refractivity contribution in [3.8, 4) is 17.0 Å². The number of fused-ring (bicyclic) bond motifs is 1. The van der Waals surface area contributed by atoms with Crippen molar-refractivity contribution in [1.29, 1.82) is 0 Å². The number of ether oxygens (including phenoxy) is 1. The SMILES string of the molecule is CCC(CO)NC(=O)c1cnc2scc(-c3ccc(OC)cc3)n2c1=O. The van der Waals surface area contributed by atoms with Gasteiger partial charge < -0.3 is 15.2 Å². The Kier molecular flexibility index (Phi) is 5.34. The first-order chi connectivity index (χ1) is 12.6. The largest absolute Gasteiger partial charge is 0.497 e. The van der Waals surface area contributed by atoms with Gasteiger partial charge in [-0.25, -0.2) is 4.98 Å². The van der Waals surface area contributed by atoms with E-state index < -0.39 is 17.5 Å². The number of aliphatic hydroxyl groups is 1. The molecule has 7 nitrogen and oxygen atoms in total. The molecule has 0 aliphatic rings. The van der Waals surface area contributed by atoms with E-state index in [1.54, 1.807) is 19.2 Å². The van der Waals surface area contributed by atoms with Gasteiger partial charge in [0.15, 0.2) is 4.96 Å². The van der Waals surface area contributed by atoms with Crippen molar-refractivity contribution >= 4 is 22.2 Å². The van der Waals surface area contributed by atoms with Crippen molar-refractivity contribution < 1.29 is 14.6 Å². The molecule has 1 aromatic carbocycles. The minimum atomic E-state index is -0.537. The fourth-order valence-electron chi connectivity index (χ4n) is 2.55. The second-order valence-corrected chi connectivity index (χ2v) is 6.54. The smallest absolute Gasteiger partial charge is 0.271 e. The van der Waals surface area contributed by atoms with Crippen LogP contribution in [-0.4, -0.2) is 40.2 Å². The van der Waals surface area contributed by atoms with Crippen LogP contribution in [0.4, 0.5) is 0 Å². The topological polar surface area (TPSA) is 92.9 Å². The summed E-state index contributed by atoms with van der Waals surface area (Å²) in [4.78, 5) is 30.0. The third-order valence-corrected chi connectivity index (χ3v) is 4.96. The average Bonchev–Trinajstić information content (AvgIpc) is 3.11. The second-order valence-electron chi connectivity index (χ2n) is 5.71. The zero-order valence-electron chi connectivity index (χ0n) is 14.4. The molecule has 2 N–H and O–H groups in total. The van der Waals surface area contributed by atoms with Crippen LogP contribution in [-0.2, 0) is 0 Å². The summed E-state index contributed by atoms with van der Waals surface area (Å²) in [5.74, 6) is 0.179. The van der Waals surface area contributed by atoms with Crippen LogP contribution in [0.25, 0.3) is 16.2 Å².